The molecular formula is C14H29KO4S. The standard InChI is InChI=1S/C14H30O4S.K/c1-3-5-7-9-13(15)10-8-12-14(11-6-4-2)19(16,17)18;/h13-15H,3-12H2,1-2H3,(H,16,17,18);/q;+1/p-1. The molecule has 6 heteroatoms. The van der Waals surface area contributed by atoms with Crippen LogP contribution in [0.4, 0.5) is 0 Å². The first-order chi connectivity index (χ1) is 8.91. The minimum Gasteiger partial charge on any atom is -0.748 e. The van der Waals surface area contributed by atoms with Gasteiger partial charge in [0.2, 0.25) is 0 Å². The number of unbranched alkanes of at least 4 members (excludes halogenated alkanes) is 3. The predicted octanol–water partition coefficient (Wildman–Crippen LogP) is 0.206. The molecule has 0 aliphatic rings. The summed E-state index contributed by atoms with van der Waals surface area (Å²) in [4.78, 5) is 0. The normalized spacial score (nSPS) is 14.6. The quantitative estimate of drug-likeness (QED) is 0.315. The average Bonchev–Trinajstić information content (AvgIpc) is 2.32. The molecule has 0 saturated heterocycles. The molecule has 116 valence electrons. The van der Waals surface area contributed by atoms with Crippen molar-refractivity contribution in [2.75, 3.05) is 0 Å². The Morgan fingerprint density at radius 3 is 1.90 bits per heavy atom. The van der Waals surface area contributed by atoms with E-state index in [9.17, 15) is 18.1 Å². The second-order valence-electron chi connectivity index (χ2n) is 5.34. The zero-order chi connectivity index (χ0) is 14.7. The Bertz CT molecular complexity index is 306. The van der Waals surface area contributed by atoms with Crippen LogP contribution in [0.2, 0.25) is 0 Å². The summed E-state index contributed by atoms with van der Waals surface area (Å²) in [5, 5.41) is 8.97. The third-order valence-electron chi connectivity index (χ3n) is 3.49. The molecule has 2 unspecified atom stereocenters. The van der Waals surface area contributed by atoms with Gasteiger partial charge in [0.25, 0.3) is 0 Å². The van der Waals surface area contributed by atoms with E-state index in [-0.39, 0.29) is 57.5 Å². The Balaban J connectivity index is 0. The van der Waals surface area contributed by atoms with Crippen molar-refractivity contribution in [3.63, 3.8) is 0 Å². The molecule has 0 rings (SSSR count). The molecule has 0 aromatic rings. The van der Waals surface area contributed by atoms with Crippen LogP contribution in [0.3, 0.4) is 0 Å². The molecule has 0 aliphatic carbocycles. The largest absolute Gasteiger partial charge is 1.00 e. The average molecular weight is 333 g/mol. The number of rotatable bonds is 12. The summed E-state index contributed by atoms with van der Waals surface area (Å²) in [7, 11) is -4.19. The van der Waals surface area contributed by atoms with Crippen molar-refractivity contribution in [3.05, 3.63) is 0 Å². The maximum Gasteiger partial charge on any atom is 1.00 e. The summed E-state index contributed by atoms with van der Waals surface area (Å²) in [5.74, 6) is 0. The molecule has 0 aromatic heterocycles. The topological polar surface area (TPSA) is 77.4 Å². The number of aliphatic hydroxyl groups excluding tert-OH is 1. The van der Waals surface area contributed by atoms with Crippen molar-refractivity contribution in [2.24, 2.45) is 0 Å². The Labute approximate surface area is 167 Å². The van der Waals surface area contributed by atoms with E-state index in [1.165, 1.54) is 0 Å². The van der Waals surface area contributed by atoms with Gasteiger partial charge in [-0.1, -0.05) is 46.0 Å². The number of hydrogen-bond donors (Lipinski definition) is 1. The third-order valence-corrected chi connectivity index (χ3v) is 4.78. The summed E-state index contributed by atoms with van der Waals surface area (Å²) in [6, 6.07) is 0. The van der Waals surface area contributed by atoms with Crippen LogP contribution in [-0.2, 0) is 10.1 Å². The maximum absolute atomic E-state index is 11.1. The zero-order valence-electron chi connectivity index (χ0n) is 13.3. The van der Waals surface area contributed by atoms with E-state index >= 15 is 0 Å². The van der Waals surface area contributed by atoms with Gasteiger partial charge in [-0.3, -0.25) is 0 Å². The Morgan fingerprint density at radius 2 is 1.40 bits per heavy atom. The van der Waals surface area contributed by atoms with Crippen molar-refractivity contribution < 1.29 is 69.5 Å². The molecule has 0 radical (unpaired) electrons. The van der Waals surface area contributed by atoms with Gasteiger partial charge >= 0.3 is 51.4 Å². The van der Waals surface area contributed by atoms with Gasteiger partial charge in [-0.05, 0) is 32.1 Å². The van der Waals surface area contributed by atoms with Crippen LogP contribution in [0, 0.1) is 0 Å². The van der Waals surface area contributed by atoms with Crippen molar-refractivity contribution in [1.29, 1.82) is 0 Å². The van der Waals surface area contributed by atoms with Gasteiger partial charge in [-0.15, -0.1) is 0 Å². The first-order valence-corrected chi connectivity index (χ1v) is 9.01. The predicted molar refractivity (Wildman–Crippen MR) is 77.0 cm³/mol. The van der Waals surface area contributed by atoms with E-state index in [4.69, 9.17) is 0 Å². The van der Waals surface area contributed by atoms with E-state index in [0.717, 1.165) is 38.5 Å². The molecule has 0 heterocycles. The van der Waals surface area contributed by atoms with Crippen molar-refractivity contribution in [3.8, 4) is 0 Å². The van der Waals surface area contributed by atoms with Crippen LogP contribution in [0.15, 0.2) is 0 Å². The third kappa shape index (κ3) is 13.2. The van der Waals surface area contributed by atoms with Gasteiger partial charge in [-0.2, -0.15) is 0 Å². The smallest absolute Gasteiger partial charge is 0.748 e. The van der Waals surface area contributed by atoms with E-state index in [2.05, 4.69) is 6.92 Å². The molecule has 0 amide bonds. The van der Waals surface area contributed by atoms with Gasteiger partial charge in [0.1, 0.15) is 0 Å². The molecule has 4 nitrogen and oxygen atoms in total. The van der Waals surface area contributed by atoms with Crippen LogP contribution in [-0.4, -0.2) is 29.4 Å². The van der Waals surface area contributed by atoms with E-state index in [1.807, 2.05) is 6.92 Å². The number of aliphatic hydroxyl groups is 1. The second kappa shape index (κ2) is 14.1. The minimum atomic E-state index is -4.19. The molecular weight excluding hydrogens is 303 g/mol. The fourth-order valence-corrected chi connectivity index (χ4v) is 3.13. The molecule has 0 aliphatic heterocycles. The molecule has 20 heavy (non-hydrogen) atoms. The summed E-state index contributed by atoms with van der Waals surface area (Å²) >= 11 is 0. The fourth-order valence-electron chi connectivity index (χ4n) is 2.22. The molecule has 0 spiro atoms. The van der Waals surface area contributed by atoms with E-state index < -0.39 is 15.4 Å². The summed E-state index contributed by atoms with van der Waals surface area (Å²) < 4.78 is 33.3. The maximum atomic E-state index is 11.1. The molecule has 0 saturated carbocycles. The molecule has 2 atom stereocenters. The summed E-state index contributed by atoms with van der Waals surface area (Å²) in [6.45, 7) is 4.09. The minimum absolute atomic E-state index is 0. The molecule has 0 aromatic carbocycles. The van der Waals surface area contributed by atoms with E-state index in [0.29, 0.717) is 25.7 Å². The Kier molecular flexibility index (Phi) is 16.8. The van der Waals surface area contributed by atoms with Gasteiger partial charge in [0.15, 0.2) is 0 Å². The zero-order valence-corrected chi connectivity index (χ0v) is 17.2. The van der Waals surface area contributed by atoms with Crippen LogP contribution in [0.1, 0.15) is 78.1 Å². The SMILES string of the molecule is CCCCCC(O)CCCC(CCCC)S(=O)(=O)[O-].[K+]. The fraction of sp³-hybridized carbons (Fsp3) is 1.00. The van der Waals surface area contributed by atoms with Gasteiger partial charge in [0, 0.05) is 5.25 Å². The monoisotopic (exact) mass is 332 g/mol. The molecule has 1 N–H and O–H groups in total. The van der Waals surface area contributed by atoms with Gasteiger partial charge < -0.3 is 9.66 Å². The Morgan fingerprint density at radius 1 is 0.900 bits per heavy atom. The van der Waals surface area contributed by atoms with Crippen molar-refractivity contribution in [2.45, 2.75) is 89.4 Å². The summed E-state index contributed by atoms with van der Waals surface area (Å²) in [6.07, 6.45) is 7.39. The number of hydrogen-bond acceptors (Lipinski definition) is 4. The second-order valence-corrected chi connectivity index (χ2v) is 6.99. The van der Waals surface area contributed by atoms with E-state index in [1.54, 1.807) is 0 Å². The van der Waals surface area contributed by atoms with Crippen molar-refractivity contribution in [1.82, 2.24) is 0 Å². The van der Waals surface area contributed by atoms with Crippen LogP contribution in [0.5, 0.6) is 0 Å². The molecule has 0 fully saturated rings. The first kappa shape index (κ1) is 23.8. The van der Waals surface area contributed by atoms with Gasteiger partial charge in [-0.25, -0.2) is 8.42 Å². The van der Waals surface area contributed by atoms with Gasteiger partial charge in [0.05, 0.1) is 16.2 Å². The van der Waals surface area contributed by atoms with Crippen LogP contribution >= 0.6 is 0 Å². The Hall–Kier alpha value is 1.51. The van der Waals surface area contributed by atoms with Crippen LogP contribution in [0.25, 0.3) is 0 Å². The van der Waals surface area contributed by atoms with Crippen molar-refractivity contribution >= 4 is 10.1 Å². The summed E-state index contributed by atoms with van der Waals surface area (Å²) in [5.41, 5.74) is 0. The first-order valence-electron chi connectivity index (χ1n) is 7.54. The molecule has 0 bridgehead atoms. The van der Waals surface area contributed by atoms with Crippen LogP contribution < -0.4 is 51.4 Å².